The van der Waals surface area contributed by atoms with Crippen molar-refractivity contribution in [3.05, 3.63) is 29.8 Å². The molecule has 0 spiro atoms. The van der Waals surface area contributed by atoms with Gasteiger partial charge < -0.3 is 10.4 Å². The molecule has 0 aromatic heterocycles. The van der Waals surface area contributed by atoms with Gasteiger partial charge in [0.15, 0.2) is 0 Å². The van der Waals surface area contributed by atoms with Crippen LogP contribution in [0.15, 0.2) is 29.2 Å². The Kier molecular flexibility index (Phi) is 5.92. The summed E-state index contributed by atoms with van der Waals surface area (Å²) in [6.07, 6.45) is 3.92. The number of rotatable bonds is 5. The van der Waals surface area contributed by atoms with Gasteiger partial charge in [-0.05, 0) is 31.4 Å². The van der Waals surface area contributed by atoms with E-state index in [0.29, 0.717) is 12.3 Å². The smallest absolute Gasteiger partial charge is 0.230 e. The molecular weight excluding hydrogens is 270 g/mol. The maximum Gasteiger partial charge on any atom is 0.230 e. The topological polar surface area (TPSA) is 49.3 Å². The molecule has 2 atom stereocenters. The molecule has 1 aliphatic carbocycles. The first kappa shape index (κ1) is 15.4. The lowest BCUT2D eigenvalue weighted by Crippen LogP contribution is -2.37. The van der Waals surface area contributed by atoms with Gasteiger partial charge in [-0.25, -0.2) is 0 Å². The standard InChI is InChI=1S/C16H23NO2S/c1-12-6-2-5-9-15(12)20-11-16(19)17-10-13-7-3-4-8-14(13)18/h2,5-6,9,13-14,18H,3-4,7-8,10-11H2,1H3,(H,17,19). The lowest BCUT2D eigenvalue weighted by molar-refractivity contribution is -0.119. The molecule has 1 amide bonds. The van der Waals surface area contributed by atoms with Gasteiger partial charge in [0.25, 0.3) is 0 Å². The van der Waals surface area contributed by atoms with Gasteiger partial charge in [0.2, 0.25) is 5.91 Å². The zero-order chi connectivity index (χ0) is 14.4. The van der Waals surface area contributed by atoms with Crippen LogP contribution in [0.3, 0.4) is 0 Å². The second-order valence-corrected chi connectivity index (χ2v) is 6.49. The third-order valence-electron chi connectivity index (χ3n) is 3.88. The van der Waals surface area contributed by atoms with Crippen molar-refractivity contribution in [2.45, 2.75) is 43.6 Å². The van der Waals surface area contributed by atoms with Crippen LogP contribution in [-0.4, -0.2) is 29.4 Å². The van der Waals surface area contributed by atoms with Crippen LogP contribution in [0.25, 0.3) is 0 Å². The molecule has 0 radical (unpaired) electrons. The molecule has 0 heterocycles. The van der Waals surface area contributed by atoms with Crippen LogP contribution in [0.1, 0.15) is 31.2 Å². The van der Waals surface area contributed by atoms with E-state index in [1.165, 1.54) is 5.56 Å². The average molecular weight is 293 g/mol. The fourth-order valence-corrected chi connectivity index (χ4v) is 3.44. The Morgan fingerprint density at radius 2 is 2.10 bits per heavy atom. The van der Waals surface area contributed by atoms with E-state index in [1.54, 1.807) is 11.8 Å². The highest BCUT2D eigenvalue weighted by atomic mass is 32.2. The maximum atomic E-state index is 11.9. The Hall–Kier alpha value is -1.00. The van der Waals surface area contributed by atoms with E-state index in [2.05, 4.69) is 18.3 Å². The first-order chi connectivity index (χ1) is 9.66. The Balaban J connectivity index is 1.71. The van der Waals surface area contributed by atoms with Crippen molar-refractivity contribution in [2.75, 3.05) is 12.3 Å². The van der Waals surface area contributed by atoms with Gasteiger partial charge in [0.1, 0.15) is 0 Å². The van der Waals surface area contributed by atoms with Crippen LogP contribution in [-0.2, 0) is 4.79 Å². The fraction of sp³-hybridized carbons (Fsp3) is 0.562. The second kappa shape index (κ2) is 7.70. The summed E-state index contributed by atoms with van der Waals surface area (Å²) < 4.78 is 0. The van der Waals surface area contributed by atoms with Crippen molar-refractivity contribution >= 4 is 17.7 Å². The molecule has 1 aliphatic rings. The van der Waals surface area contributed by atoms with Gasteiger partial charge in [-0.2, -0.15) is 0 Å². The monoisotopic (exact) mass is 293 g/mol. The summed E-state index contributed by atoms with van der Waals surface area (Å²) in [6.45, 7) is 2.66. The highest BCUT2D eigenvalue weighted by Gasteiger charge is 2.23. The van der Waals surface area contributed by atoms with Crippen molar-refractivity contribution in [1.29, 1.82) is 0 Å². The van der Waals surface area contributed by atoms with E-state index >= 15 is 0 Å². The Labute approximate surface area is 125 Å². The van der Waals surface area contributed by atoms with E-state index in [4.69, 9.17) is 0 Å². The second-order valence-electron chi connectivity index (χ2n) is 5.47. The summed E-state index contributed by atoms with van der Waals surface area (Å²) in [5, 5.41) is 12.8. The molecule has 1 aromatic carbocycles. The zero-order valence-corrected chi connectivity index (χ0v) is 12.8. The fourth-order valence-electron chi connectivity index (χ4n) is 2.58. The van der Waals surface area contributed by atoms with Crippen LogP contribution in [0.2, 0.25) is 0 Å². The highest BCUT2D eigenvalue weighted by Crippen LogP contribution is 2.24. The van der Waals surface area contributed by atoms with Crippen molar-refractivity contribution in [3.63, 3.8) is 0 Å². The third kappa shape index (κ3) is 4.53. The number of aryl methyl sites for hydroxylation is 1. The molecule has 2 rings (SSSR count). The van der Waals surface area contributed by atoms with Crippen LogP contribution >= 0.6 is 11.8 Å². The number of nitrogens with one attached hydrogen (secondary N) is 1. The van der Waals surface area contributed by atoms with E-state index in [-0.39, 0.29) is 17.9 Å². The molecule has 2 unspecified atom stereocenters. The average Bonchev–Trinajstić information content (AvgIpc) is 2.45. The van der Waals surface area contributed by atoms with E-state index in [1.807, 2.05) is 18.2 Å². The van der Waals surface area contributed by atoms with Crippen molar-refractivity contribution in [3.8, 4) is 0 Å². The van der Waals surface area contributed by atoms with Gasteiger partial charge in [0.05, 0.1) is 11.9 Å². The van der Waals surface area contributed by atoms with Crippen molar-refractivity contribution < 1.29 is 9.90 Å². The van der Waals surface area contributed by atoms with Gasteiger partial charge >= 0.3 is 0 Å². The summed E-state index contributed by atoms with van der Waals surface area (Å²) in [5.41, 5.74) is 1.20. The minimum atomic E-state index is -0.243. The molecule has 1 fully saturated rings. The van der Waals surface area contributed by atoms with Gasteiger partial charge in [0, 0.05) is 17.4 Å². The van der Waals surface area contributed by atoms with E-state index in [0.717, 1.165) is 30.6 Å². The Bertz CT molecular complexity index is 450. The third-order valence-corrected chi connectivity index (χ3v) is 5.06. The van der Waals surface area contributed by atoms with Crippen LogP contribution in [0.4, 0.5) is 0 Å². The highest BCUT2D eigenvalue weighted by molar-refractivity contribution is 8.00. The molecule has 0 bridgehead atoms. The van der Waals surface area contributed by atoms with Gasteiger partial charge in [-0.3, -0.25) is 4.79 Å². The van der Waals surface area contributed by atoms with Gasteiger partial charge in [-0.15, -0.1) is 11.8 Å². The predicted molar refractivity (Wildman–Crippen MR) is 82.9 cm³/mol. The Morgan fingerprint density at radius 3 is 2.85 bits per heavy atom. The molecule has 4 heteroatoms. The molecule has 1 saturated carbocycles. The number of hydrogen-bond donors (Lipinski definition) is 2. The minimum absolute atomic E-state index is 0.0519. The van der Waals surface area contributed by atoms with Gasteiger partial charge in [-0.1, -0.05) is 31.0 Å². The number of carbonyl (C=O) groups is 1. The molecule has 0 aliphatic heterocycles. The lowest BCUT2D eigenvalue weighted by Gasteiger charge is -2.27. The largest absolute Gasteiger partial charge is 0.393 e. The summed E-state index contributed by atoms with van der Waals surface area (Å²) in [7, 11) is 0. The number of thioether (sulfide) groups is 1. The minimum Gasteiger partial charge on any atom is -0.393 e. The molecule has 1 aromatic rings. The first-order valence-electron chi connectivity index (χ1n) is 7.30. The molecule has 20 heavy (non-hydrogen) atoms. The Morgan fingerprint density at radius 1 is 1.35 bits per heavy atom. The van der Waals surface area contributed by atoms with Crippen molar-refractivity contribution in [2.24, 2.45) is 5.92 Å². The van der Waals surface area contributed by atoms with E-state index < -0.39 is 0 Å². The number of hydrogen-bond acceptors (Lipinski definition) is 3. The molecule has 2 N–H and O–H groups in total. The van der Waals surface area contributed by atoms with Crippen LogP contribution in [0.5, 0.6) is 0 Å². The molecule has 3 nitrogen and oxygen atoms in total. The number of carbonyl (C=O) groups excluding carboxylic acids is 1. The number of aliphatic hydroxyl groups excluding tert-OH is 1. The summed E-state index contributed by atoms with van der Waals surface area (Å²) in [5.74, 6) is 0.723. The number of amides is 1. The SMILES string of the molecule is Cc1ccccc1SCC(=O)NCC1CCCCC1O. The normalized spacial score (nSPS) is 22.5. The van der Waals surface area contributed by atoms with Crippen LogP contribution in [0, 0.1) is 12.8 Å². The number of aliphatic hydroxyl groups is 1. The quantitative estimate of drug-likeness (QED) is 0.821. The number of benzene rings is 1. The van der Waals surface area contributed by atoms with Crippen molar-refractivity contribution in [1.82, 2.24) is 5.32 Å². The maximum absolute atomic E-state index is 11.9. The summed E-state index contributed by atoms with van der Waals surface area (Å²) >= 11 is 1.57. The van der Waals surface area contributed by atoms with E-state index in [9.17, 15) is 9.90 Å². The summed E-state index contributed by atoms with van der Waals surface area (Å²) in [4.78, 5) is 13.0. The predicted octanol–water partition coefficient (Wildman–Crippen LogP) is 2.75. The molecule has 110 valence electrons. The first-order valence-corrected chi connectivity index (χ1v) is 8.28. The summed E-state index contributed by atoms with van der Waals surface area (Å²) in [6, 6.07) is 8.09. The zero-order valence-electron chi connectivity index (χ0n) is 12.0. The van der Waals surface area contributed by atoms with Crippen LogP contribution < -0.4 is 5.32 Å². The molecule has 0 saturated heterocycles. The lowest BCUT2D eigenvalue weighted by atomic mass is 9.86. The molecular formula is C16H23NO2S.